The molecular weight excluding hydrogens is 517 g/mol. The van der Waals surface area contributed by atoms with Crippen LogP contribution in [0.1, 0.15) is 18.4 Å². The van der Waals surface area contributed by atoms with Crippen molar-refractivity contribution >= 4 is 29.9 Å². The zero-order valence-corrected chi connectivity index (χ0v) is 21.9. The predicted molar refractivity (Wildman–Crippen MR) is 140 cm³/mol. The number of aliphatic imine (C=N–C) groups is 1. The maximum absolute atomic E-state index is 6.15. The molecular formula is C24H40IN5O2. The zero-order chi connectivity index (χ0) is 21.5. The number of methoxy groups -OCH3 is 1. The van der Waals surface area contributed by atoms with E-state index in [0.29, 0.717) is 12.0 Å². The molecule has 8 heteroatoms. The van der Waals surface area contributed by atoms with Crippen molar-refractivity contribution in [2.75, 3.05) is 73.2 Å². The number of hydrogen-bond donors (Lipinski definition) is 1. The molecule has 3 fully saturated rings. The lowest BCUT2D eigenvalue weighted by atomic mass is 9.97. The van der Waals surface area contributed by atoms with Crippen LogP contribution in [0.5, 0.6) is 0 Å². The largest absolute Gasteiger partial charge is 0.383 e. The van der Waals surface area contributed by atoms with Gasteiger partial charge >= 0.3 is 0 Å². The number of piperidine rings is 1. The minimum absolute atomic E-state index is 0. The van der Waals surface area contributed by atoms with Gasteiger partial charge in [-0.2, -0.15) is 0 Å². The zero-order valence-electron chi connectivity index (χ0n) is 19.6. The summed E-state index contributed by atoms with van der Waals surface area (Å²) in [6.07, 6.45) is 2.75. The predicted octanol–water partition coefficient (Wildman–Crippen LogP) is 2.12. The van der Waals surface area contributed by atoms with Crippen LogP contribution in [0.4, 0.5) is 0 Å². The molecule has 180 valence electrons. The summed E-state index contributed by atoms with van der Waals surface area (Å²) < 4.78 is 11.4. The summed E-state index contributed by atoms with van der Waals surface area (Å²) in [5.74, 6) is 1.74. The average Bonchev–Trinajstić information content (AvgIpc) is 3.25. The van der Waals surface area contributed by atoms with Crippen LogP contribution in [0.15, 0.2) is 35.3 Å². The second-order valence-electron chi connectivity index (χ2n) is 9.04. The summed E-state index contributed by atoms with van der Waals surface area (Å²) in [7, 11) is 3.68. The molecule has 3 heterocycles. The number of halogens is 1. The Bertz CT molecular complexity index is 699. The lowest BCUT2D eigenvalue weighted by molar-refractivity contribution is -0.0502. The fraction of sp³-hybridized carbons (Fsp3) is 0.708. The summed E-state index contributed by atoms with van der Waals surface area (Å²) >= 11 is 0. The van der Waals surface area contributed by atoms with Gasteiger partial charge in [-0.3, -0.25) is 9.89 Å². The Balaban J connectivity index is 0.00000289. The summed E-state index contributed by atoms with van der Waals surface area (Å²) in [5.41, 5.74) is 1.38. The molecule has 0 amide bonds. The van der Waals surface area contributed by atoms with Crippen LogP contribution in [0, 0.1) is 5.92 Å². The van der Waals surface area contributed by atoms with Gasteiger partial charge in [-0.05, 0) is 37.4 Å². The summed E-state index contributed by atoms with van der Waals surface area (Å²) in [4.78, 5) is 12.1. The monoisotopic (exact) mass is 557 g/mol. The van der Waals surface area contributed by atoms with Gasteiger partial charge < -0.3 is 24.6 Å². The van der Waals surface area contributed by atoms with Crippen LogP contribution in [0.2, 0.25) is 0 Å². The molecule has 0 aromatic heterocycles. The van der Waals surface area contributed by atoms with Gasteiger partial charge in [0.25, 0.3) is 0 Å². The number of nitrogens with zero attached hydrogens (tertiary/aromatic N) is 4. The van der Waals surface area contributed by atoms with Gasteiger partial charge in [0.1, 0.15) is 0 Å². The smallest absolute Gasteiger partial charge is 0.193 e. The summed E-state index contributed by atoms with van der Waals surface area (Å²) in [5, 5.41) is 3.67. The normalized spacial score (nSPS) is 25.4. The highest BCUT2D eigenvalue weighted by molar-refractivity contribution is 14.0. The molecule has 0 saturated carbocycles. The second kappa shape index (κ2) is 13.1. The van der Waals surface area contributed by atoms with Crippen molar-refractivity contribution in [2.24, 2.45) is 10.9 Å². The quantitative estimate of drug-likeness (QED) is 0.315. The third-order valence-electron chi connectivity index (χ3n) is 7.02. The number of ether oxygens (including phenoxy) is 2. The van der Waals surface area contributed by atoms with Crippen molar-refractivity contribution in [2.45, 2.75) is 31.5 Å². The Morgan fingerprint density at radius 2 is 1.94 bits per heavy atom. The average molecular weight is 558 g/mol. The topological polar surface area (TPSA) is 52.6 Å². The maximum Gasteiger partial charge on any atom is 0.193 e. The molecule has 0 aliphatic carbocycles. The molecule has 2 unspecified atom stereocenters. The lowest BCUT2D eigenvalue weighted by Gasteiger charge is -2.36. The molecule has 0 radical (unpaired) electrons. The van der Waals surface area contributed by atoms with Crippen molar-refractivity contribution in [1.82, 2.24) is 20.0 Å². The third kappa shape index (κ3) is 6.79. The van der Waals surface area contributed by atoms with Crippen molar-refractivity contribution in [3.63, 3.8) is 0 Å². The number of morpholine rings is 1. The molecule has 1 aromatic carbocycles. The van der Waals surface area contributed by atoms with Crippen LogP contribution in [0.25, 0.3) is 0 Å². The molecule has 3 aliphatic heterocycles. The number of likely N-dealkylation sites (tertiary alicyclic amines) is 2. The Labute approximate surface area is 210 Å². The number of fused-ring (bicyclic) bond motifs is 1. The minimum atomic E-state index is 0. The fourth-order valence-corrected chi connectivity index (χ4v) is 5.15. The Kier molecular flexibility index (Phi) is 10.5. The maximum atomic E-state index is 6.15. The molecule has 0 bridgehead atoms. The fourth-order valence-electron chi connectivity index (χ4n) is 5.15. The number of benzene rings is 1. The number of rotatable bonds is 7. The van der Waals surface area contributed by atoms with Crippen molar-refractivity contribution in [3.8, 4) is 0 Å². The number of guanidine groups is 1. The Morgan fingerprint density at radius 1 is 1.16 bits per heavy atom. The first-order chi connectivity index (χ1) is 15.3. The summed E-state index contributed by atoms with van der Waals surface area (Å²) in [6.45, 7) is 9.93. The van der Waals surface area contributed by atoms with Gasteiger partial charge in [0, 0.05) is 53.4 Å². The minimum Gasteiger partial charge on any atom is -0.383 e. The van der Waals surface area contributed by atoms with Crippen molar-refractivity contribution < 1.29 is 9.47 Å². The Morgan fingerprint density at radius 3 is 2.66 bits per heavy atom. The Hall–Kier alpha value is -0.940. The SMILES string of the molecule is CN=C(NCC1CCN(CCOC)CC1)N1CC2OCCN(Cc3ccccc3)C2C1.I. The molecule has 1 aromatic rings. The van der Waals surface area contributed by atoms with E-state index in [1.807, 2.05) is 7.05 Å². The third-order valence-corrected chi connectivity index (χ3v) is 7.02. The van der Waals surface area contributed by atoms with E-state index in [0.717, 1.165) is 58.4 Å². The van der Waals surface area contributed by atoms with Gasteiger partial charge in [0.2, 0.25) is 0 Å². The highest BCUT2D eigenvalue weighted by atomic mass is 127. The molecule has 2 atom stereocenters. The molecule has 4 rings (SSSR count). The van der Waals surface area contributed by atoms with E-state index in [4.69, 9.17) is 9.47 Å². The van der Waals surface area contributed by atoms with Gasteiger partial charge in [-0.1, -0.05) is 30.3 Å². The van der Waals surface area contributed by atoms with Gasteiger partial charge in [0.05, 0.1) is 25.4 Å². The van der Waals surface area contributed by atoms with Crippen LogP contribution in [0.3, 0.4) is 0 Å². The standard InChI is InChI=1S/C24H39N5O2.HI/c1-25-24(26-16-20-8-10-27(11-9-20)12-14-30-2)29-18-22-23(19-29)31-15-13-28(22)17-21-6-4-3-5-7-21;/h3-7,20,22-23H,8-19H2,1-2H3,(H,25,26);1H. The van der Waals surface area contributed by atoms with E-state index >= 15 is 0 Å². The molecule has 3 aliphatic rings. The second-order valence-corrected chi connectivity index (χ2v) is 9.04. The van der Waals surface area contributed by atoms with Gasteiger partial charge in [-0.25, -0.2) is 0 Å². The summed E-state index contributed by atoms with van der Waals surface area (Å²) in [6, 6.07) is 11.2. The molecule has 0 spiro atoms. The van der Waals surface area contributed by atoms with Crippen molar-refractivity contribution in [3.05, 3.63) is 35.9 Å². The molecule has 32 heavy (non-hydrogen) atoms. The van der Waals surface area contributed by atoms with E-state index in [1.165, 1.54) is 31.5 Å². The highest BCUT2D eigenvalue weighted by Crippen LogP contribution is 2.25. The first-order valence-corrected chi connectivity index (χ1v) is 11.8. The van der Waals surface area contributed by atoms with Crippen LogP contribution in [-0.4, -0.2) is 106 Å². The molecule has 1 N–H and O–H groups in total. The van der Waals surface area contributed by atoms with Crippen LogP contribution >= 0.6 is 24.0 Å². The molecule has 7 nitrogen and oxygen atoms in total. The van der Waals surface area contributed by atoms with Crippen molar-refractivity contribution in [1.29, 1.82) is 0 Å². The number of nitrogens with one attached hydrogen (secondary N) is 1. The van der Waals surface area contributed by atoms with Gasteiger partial charge in [-0.15, -0.1) is 24.0 Å². The van der Waals surface area contributed by atoms with E-state index in [-0.39, 0.29) is 30.1 Å². The van der Waals surface area contributed by atoms with Crippen LogP contribution in [-0.2, 0) is 16.0 Å². The van der Waals surface area contributed by atoms with E-state index in [9.17, 15) is 0 Å². The number of hydrogen-bond acceptors (Lipinski definition) is 5. The van der Waals surface area contributed by atoms with Crippen LogP contribution < -0.4 is 5.32 Å². The molecule has 3 saturated heterocycles. The lowest BCUT2D eigenvalue weighted by Crippen LogP contribution is -2.50. The first-order valence-electron chi connectivity index (χ1n) is 11.8. The van der Waals surface area contributed by atoms with Gasteiger partial charge in [0.15, 0.2) is 5.96 Å². The first kappa shape index (κ1) is 25.7. The van der Waals surface area contributed by atoms with E-state index in [2.05, 4.69) is 55.3 Å². The van der Waals surface area contributed by atoms with E-state index < -0.39 is 0 Å². The highest BCUT2D eigenvalue weighted by Gasteiger charge is 2.41. The van der Waals surface area contributed by atoms with E-state index in [1.54, 1.807) is 7.11 Å².